The van der Waals surface area contributed by atoms with Gasteiger partial charge in [-0.15, -0.1) is 0 Å². The Morgan fingerprint density at radius 1 is 1.20 bits per heavy atom. The molecule has 4 nitrogen and oxygen atoms in total. The van der Waals surface area contributed by atoms with Crippen molar-refractivity contribution < 1.29 is 9.53 Å². The van der Waals surface area contributed by atoms with E-state index in [1.807, 2.05) is 31.2 Å². The predicted octanol–water partition coefficient (Wildman–Crippen LogP) is 4.86. The van der Waals surface area contributed by atoms with Crippen LogP contribution < -0.4 is 10.2 Å². The minimum atomic E-state index is -0.752. The summed E-state index contributed by atoms with van der Waals surface area (Å²) in [5, 5.41) is 4.99. The number of nitrogens with zero attached hydrogens (tertiary/aromatic N) is 1. The molecule has 2 aromatic carbocycles. The number of ether oxygens (including phenoxy) is 1. The molecule has 0 fully saturated rings. The fourth-order valence-electron chi connectivity index (χ4n) is 2.09. The quantitative estimate of drug-likeness (QED) is 0.576. The highest BCUT2D eigenvalue weighted by molar-refractivity contribution is 6.35. The number of carbonyl (C=O) groups is 1. The lowest BCUT2D eigenvalue weighted by Crippen LogP contribution is -2.34. The first-order chi connectivity index (χ1) is 11.9. The van der Waals surface area contributed by atoms with E-state index >= 15 is 0 Å². The summed E-state index contributed by atoms with van der Waals surface area (Å²) < 4.78 is 5.56. The minimum absolute atomic E-state index is 0.350. The highest BCUT2D eigenvalue weighted by Crippen LogP contribution is 2.28. The van der Waals surface area contributed by atoms with E-state index in [0.717, 1.165) is 12.0 Å². The predicted molar refractivity (Wildman–Crippen MR) is 103 cm³/mol. The van der Waals surface area contributed by atoms with E-state index in [-0.39, 0.29) is 5.91 Å². The molecule has 0 aromatic heterocycles. The molecule has 1 unspecified atom stereocenters. The molecule has 0 bridgehead atoms. The molecule has 0 aliphatic heterocycles. The fraction of sp³-hybridized carbons (Fsp3) is 0.263. The van der Waals surface area contributed by atoms with E-state index in [2.05, 4.69) is 17.5 Å². The maximum Gasteiger partial charge on any atom is 0.280 e. The van der Waals surface area contributed by atoms with Crippen LogP contribution in [0.4, 0.5) is 0 Å². The van der Waals surface area contributed by atoms with Gasteiger partial charge in [0.15, 0.2) is 6.10 Å². The van der Waals surface area contributed by atoms with Crippen molar-refractivity contribution in [2.24, 2.45) is 5.10 Å². The summed E-state index contributed by atoms with van der Waals surface area (Å²) in [6.07, 6.45) is 0.229. The van der Waals surface area contributed by atoms with Crippen molar-refractivity contribution in [2.75, 3.05) is 0 Å². The molecule has 0 aliphatic rings. The first-order valence-electron chi connectivity index (χ1n) is 7.96. The third-order valence-corrected chi connectivity index (χ3v) is 4.21. The zero-order valence-electron chi connectivity index (χ0n) is 14.3. The van der Waals surface area contributed by atoms with Crippen LogP contribution in [-0.2, 0) is 11.2 Å². The number of rotatable bonds is 6. The molecule has 0 saturated carbocycles. The largest absolute Gasteiger partial charge is 0.479 e. The van der Waals surface area contributed by atoms with Gasteiger partial charge in [-0.2, -0.15) is 5.10 Å². The number of amides is 1. The van der Waals surface area contributed by atoms with Gasteiger partial charge in [0.25, 0.3) is 5.91 Å². The second kappa shape index (κ2) is 8.88. The van der Waals surface area contributed by atoms with Crippen LogP contribution in [0.1, 0.15) is 31.9 Å². The van der Waals surface area contributed by atoms with Gasteiger partial charge in [0.1, 0.15) is 5.75 Å². The molecule has 0 radical (unpaired) electrons. The topological polar surface area (TPSA) is 50.7 Å². The SMILES string of the molecule is CCc1ccc(/C(C)=N/NC(=O)C(C)Oc2ccc(Cl)cc2Cl)cc1. The number of nitrogens with one attached hydrogen (secondary N) is 1. The van der Waals surface area contributed by atoms with E-state index < -0.39 is 6.10 Å². The van der Waals surface area contributed by atoms with Crippen molar-refractivity contribution in [3.63, 3.8) is 0 Å². The lowest BCUT2D eigenvalue weighted by atomic mass is 10.1. The van der Waals surface area contributed by atoms with Gasteiger partial charge in [-0.1, -0.05) is 54.4 Å². The number of benzene rings is 2. The molecule has 1 atom stereocenters. The summed E-state index contributed by atoms with van der Waals surface area (Å²) in [4.78, 5) is 12.1. The number of carbonyl (C=O) groups excluding carboxylic acids is 1. The zero-order valence-corrected chi connectivity index (χ0v) is 15.9. The molecule has 0 spiro atoms. The Morgan fingerprint density at radius 2 is 1.88 bits per heavy atom. The summed E-state index contributed by atoms with van der Waals surface area (Å²) in [5.74, 6) is 0.0279. The Labute approximate surface area is 157 Å². The Hall–Kier alpha value is -2.04. The monoisotopic (exact) mass is 378 g/mol. The normalized spacial score (nSPS) is 12.6. The minimum Gasteiger partial charge on any atom is -0.479 e. The van der Waals surface area contributed by atoms with E-state index in [1.54, 1.807) is 25.1 Å². The molecule has 2 aromatic rings. The van der Waals surface area contributed by atoms with Crippen LogP contribution in [0.3, 0.4) is 0 Å². The molecule has 0 aliphatic carbocycles. The van der Waals surface area contributed by atoms with Crippen LogP contribution in [-0.4, -0.2) is 17.7 Å². The molecule has 2 rings (SSSR count). The Kier molecular flexibility index (Phi) is 6.85. The van der Waals surface area contributed by atoms with Crippen LogP contribution in [0.15, 0.2) is 47.6 Å². The first-order valence-corrected chi connectivity index (χ1v) is 8.71. The third kappa shape index (κ3) is 5.48. The standard InChI is InChI=1S/C19H20Cl2N2O2/c1-4-14-5-7-15(8-6-14)12(2)22-23-19(24)13(3)25-18-10-9-16(20)11-17(18)21/h5-11,13H,4H2,1-3H3,(H,23,24)/b22-12+. The molecule has 1 N–H and O–H groups in total. The van der Waals surface area contributed by atoms with E-state index in [0.29, 0.717) is 21.5 Å². The highest BCUT2D eigenvalue weighted by Gasteiger charge is 2.16. The fourth-order valence-corrected chi connectivity index (χ4v) is 2.54. The number of aryl methyl sites for hydroxylation is 1. The average molecular weight is 379 g/mol. The summed E-state index contributed by atoms with van der Waals surface area (Å²) in [6.45, 7) is 5.56. The van der Waals surface area contributed by atoms with Crippen molar-refractivity contribution in [3.8, 4) is 5.75 Å². The molecule has 6 heteroatoms. The lowest BCUT2D eigenvalue weighted by Gasteiger charge is -2.14. The van der Waals surface area contributed by atoms with E-state index in [9.17, 15) is 4.79 Å². The average Bonchev–Trinajstić information content (AvgIpc) is 2.61. The van der Waals surface area contributed by atoms with Gasteiger partial charge in [0, 0.05) is 5.02 Å². The molecule has 0 saturated heterocycles. The number of halogens is 2. The molecule has 132 valence electrons. The highest BCUT2D eigenvalue weighted by atomic mass is 35.5. The summed E-state index contributed by atoms with van der Waals surface area (Å²) in [6, 6.07) is 12.9. The third-order valence-electron chi connectivity index (χ3n) is 3.68. The molecule has 25 heavy (non-hydrogen) atoms. The smallest absolute Gasteiger partial charge is 0.280 e. The van der Waals surface area contributed by atoms with Gasteiger partial charge in [0.2, 0.25) is 0 Å². The summed E-state index contributed by atoms with van der Waals surface area (Å²) in [7, 11) is 0. The van der Waals surface area contributed by atoms with Crippen LogP contribution in [0.2, 0.25) is 10.0 Å². The van der Waals surface area contributed by atoms with Crippen molar-refractivity contribution in [3.05, 3.63) is 63.6 Å². The van der Waals surface area contributed by atoms with Gasteiger partial charge in [-0.3, -0.25) is 4.79 Å². The summed E-state index contributed by atoms with van der Waals surface area (Å²) in [5.41, 5.74) is 5.43. The van der Waals surface area contributed by atoms with Crippen molar-refractivity contribution >= 4 is 34.8 Å². The second-order valence-electron chi connectivity index (χ2n) is 5.56. The zero-order chi connectivity index (χ0) is 18.4. The number of hydrogen-bond acceptors (Lipinski definition) is 3. The number of hydrazone groups is 1. The van der Waals surface area contributed by atoms with E-state index in [1.165, 1.54) is 5.56 Å². The van der Waals surface area contributed by atoms with Crippen molar-refractivity contribution in [2.45, 2.75) is 33.3 Å². The second-order valence-corrected chi connectivity index (χ2v) is 6.40. The van der Waals surface area contributed by atoms with Crippen molar-refractivity contribution in [1.29, 1.82) is 0 Å². The maximum atomic E-state index is 12.1. The molecule has 1 amide bonds. The van der Waals surface area contributed by atoms with Gasteiger partial charge < -0.3 is 4.74 Å². The summed E-state index contributed by atoms with van der Waals surface area (Å²) >= 11 is 11.9. The van der Waals surface area contributed by atoms with E-state index in [4.69, 9.17) is 27.9 Å². The van der Waals surface area contributed by atoms with Gasteiger partial charge in [-0.05, 0) is 49.6 Å². The molecular weight excluding hydrogens is 359 g/mol. The molecular formula is C19H20Cl2N2O2. The Bertz CT molecular complexity index is 773. The number of hydrogen-bond donors (Lipinski definition) is 1. The van der Waals surface area contributed by atoms with Crippen molar-refractivity contribution in [1.82, 2.24) is 5.43 Å². The first kappa shape index (κ1) is 19.3. The van der Waals surface area contributed by atoms with Gasteiger partial charge in [-0.25, -0.2) is 5.43 Å². The Balaban J connectivity index is 1.97. The Morgan fingerprint density at radius 3 is 2.48 bits per heavy atom. The molecule has 0 heterocycles. The van der Waals surface area contributed by atoms with Crippen LogP contribution in [0.5, 0.6) is 5.75 Å². The van der Waals surface area contributed by atoms with Crippen LogP contribution >= 0.6 is 23.2 Å². The van der Waals surface area contributed by atoms with Crippen LogP contribution in [0.25, 0.3) is 0 Å². The van der Waals surface area contributed by atoms with Gasteiger partial charge in [0.05, 0.1) is 10.7 Å². The van der Waals surface area contributed by atoms with Crippen LogP contribution in [0, 0.1) is 0 Å². The maximum absolute atomic E-state index is 12.1. The lowest BCUT2D eigenvalue weighted by molar-refractivity contribution is -0.127. The van der Waals surface area contributed by atoms with Gasteiger partial charge >= 0.3 is 0 Å².